The van der Waals surface area contributed by atoms with Gasteiger partial charge >= 0.3 is 0 Å². The molecule has 0 saturated carbocycles. The highest BCUT2D eigenvalue weighted by Crippen LogP contribution is 2.25. The second kappa shape index (κ2) is 8.98. The number of benzene rings is 2. The number of hydrogen-bond donors (Lipinski definition) is 1. The molecule has 0 atom stereocenters. The van der Waals surface area contributed by atoms with Crippen molar-refractivity contribution in [2.45, 2.75) is 13.3 Å². The molecule has 28 heavy (non-hydrogen) atoms. The molecule has 0 aliphatic heterocycles. The van der Waals surface area contributed by atoms with Crippen LogP contribution in [0.15, 0.2) is 48.5 Å². The maximum atomic E-state index is 13.2. The quantitative estimate of drug-likeness (QED) is 0.449. The van der Waals surface area contributed by atoms with Crippen molar-refractivity contribution >= 4 is 11.6 Å². The van der Waals surface area contributed by atoms with Gasteiger partial charge in [0.25, 0.3) is 0 Å². The lowest BCUT2D eigenvalue weighted by Gasteiger charge is -2.12. The molecule has 0 fully saturated rings. The first-order valence-electron chi connectivity index (χ1n) is 8.82. The number of aromatic nitrogens is 3. The smallest absolute Gasteiger partial charge is 0.183 e. The summed E-state index contributed by atoms with van der Waals surface area (Å²) in [6.07, 6.45) is 0.671. The van der Waals surface area contributed by atoms with Crippen LogP contribution in [-0.2, 0) is 0 Å². The van der Waals surface area contributed by atoms with Crippen LogP contribution >= 0.6 is 0 Å². The molecule has 146 valence electrons. The minimum absolute atomic E-state index is 0.207. The third-order valence-electron chi connectivity index (χ3n) is 4.02. The molecule has 1 aromatic heterocycles. The number of hydrogen-bond acceptors (Lipinski definition) is 6. The van der Waals surface area contributed by atoms with E-state index in [4.69, 9.17) is 9.47 Å². The van der Waals surface area contributed by atoms with Gasteiger partial charge in [-0.2, -0.15) is 4.68 Å². The predicted octanol–water partition coefficient (Wildman–Crippen LogP) is 3.50. The summed E-state index contributed by atoms with van der Waals surface area (Å²) in [7, 11) is 1.59. The van der Waals surface area contributed by atoms with Crippen molar-refractivity contribution in [3.8, 4) is 17.2 Å². The number of nitrogens with zero attached hydrogens (tertiary/aromatic N) is 3. The third-order valence-corrected chi connectivity index (χ3v) is 4.02. The summed E-state index contributed by atoms with van der Waals surface area (Å²) < 4.78 is 25.7. The number of rotatable bonds is 9. The molecule has 7 nitrogen and oxygen atoms in total. The Bertz CT molecular complexity index is 941. The van der Waals surface area contributed by atoms with E-state index in [0.717, 1.165) is 0 Å². The molecule has 0 aliphatic carbocycles. The molecule has 0 aliphatic rings. The Morgan fingerprint density at radius 2 is 1.86 bits per heavy atom. The number of para-hydroxylation sites is 2. The van der Waals surface area contributed by atoms with E-state index in [-0.39, 0.29) is 17.3 Å². The van der Waals surface area contributed by atoms with Gasteiger partial charge in [-0.15, -0.1) is 5.10 Å². The number of methoxy groups -OCH3 is 1. The summed E-state index contributed by atoms with van der Waals surface area (Å²) in [5, 5.41) is 11.1. The van der Waals surface area contributed by atoms with Crippen LogP contribution < -0.4 is 14.8 Å². The van der Waals surface area contributed by atoms with Gasteiger partial charge in [0, 0.05) is 13.5 Å². The fourth-order valence-corrected chi connectivity index (χ4v) is 2.64. The summed E-state index contributed by atoms with van der Waals surface area (Å²) in [6.45, 7) is 2.42. The zero-order valence-corrected chi connectivity index (χ0v) is 15.7. The van der Waals surface area contributed by atoms with Gasteiger partial charge in [-0.1, -0.05) is 17.3 Å². The molecular weight excluding hydrogens is 363 g/mol. The van der Waals surface area contributed by atoms with Crippen LogP contribution in [0.1, 0.15) is 23.8 Å². The average Bonchev–Trinajstić information content (AvgIpc) is 3.13. The molecule has 0 unspecified atom stereocenters. The molecule has 0 saturated heterocycles. The van der Waals surface area contributed by atoms with Gasteiger partial charge in [-0.3, -0.25) is 4.79 Å². The normalized spacial score (nSPS) is 10.5. The van der Waals surface area contributed by atoms with E-state index in [0.29, 0.717) is 42.6 Å². The van der Waals surface area contributed by atoms with Crippen molar-refractivity contribution in [3.05, 3.63) is 60.0 Å². The van der Waals surface area contributed by atoms with Gasteiger partial charge in [-0.25, -0.2) is 4.39 Å². The number of ether oxygens (including phenoxy) is 2. The minimum atomic E-state index is -0.348. The van der Waals surface area contributed by atoms with E-state index in [2.05, 4.69) is 15.6 Å². The molecule has 0 amide bonds. The fourth-order valence-electron chi connectivity index (χ4n) is 2.64. The van der Waals surface area contributed by atoms with Crippen molar-refractivity contribution in [2.24, 2.45) is 0 Å². The first-order chi connectivity index (χ1) is 13.6. The van der Waals surface area contributed by atoms with Crippen LogP contribution in [0.4, 0.5) is 10.2 Å². The molecule has 3 rings (SSSR count). The number of anilines is 1. The van der Waals surface area contributed by atoms with E-state index < -0.39 is 0 Å². The largest absolute Gasteiger partial charge is 0.493 e. The van der Waals surface area contributed by atoms with Crippen LogP contribution in [0.2, 0.25) is 0 Å². The van der Waals surface area contributed by atoms with Crippen LogP contribution in [0.3, 0.4) is 0 Å². The zero-order valence-electron chi connectivity index (χ0n) is 15.7. The molecule has 0 spiro atoms. The summed E-state index contributed by atoms with van der Waals surface area (Å²) in [5.74, 6) is 1.26. The van der Waals surface area contributed by atoms with Gasteiger partial charge < -0.3 is 14.8 Å². The Labute approximate surface area is 162 Å². The zero-order chi connectivity index (χ0) is 19.9. The number of Topliss-reactive ketones (excluding diaryl/α,β-unsaturated/α-hetero) is 1. The van der Waals surface area contributed by atoms with E-state index >= 15 is 0 Å². The van der Waals surface area contributed by atoms with Crippen LogP contribution in [0, 0.1) is 5.82 Å². The Kier molecular flexibility index (Phi) is 6.21. The van der Waals surface area contributed by atoms with Gasteiger partial charge in [0.2, 0.25) is 0 Å². The van der Waals surface area contributed by atoms with Gasteiger partial charge in [0.1, 0.15) is 5.82 Å². The highest BCUT2D eigenvalue weighted by molar-refractivity contribution is 5.96. The number of carbonyl (C=O) groups is 1. The summed E-state index contributed by atoms with van der Waals surface area (Å²) in [6, 6.07) is 13.2. The maximum absolute atomic E-state index is 13.2. The van der Waals surface area contributed by atoms with Gasteiger partial charge in [0.05, 0.1) is 19.4 Å². The molecule has 1 N–H and O–H groups in total. The topological polar surface area (TPSA) is 78.3 Å². The fraction of sp³-hybridized carbons (Fsp3) is 0.250. The number of nitrogens with one attached hydrogen (secondary N) is 1. The van der Waals surface area contributed by atoms with E-state index in [1.54, 1.807) is 19.2 Å². The van der Waals surface area contributed by atoms with Crippen molar-refractivity contribution < 1.29 is 18.7 Å². The molecule has 3 aromatic rings. The van der Waals surface area contributed by atoms with Crippen LogP contribution in [-0.4, -0.2) is 41.0 Å². The first kappa shape index (κ1) is 19.3. The summed E-state index contributed by atoms with van der Waals surface area (Å²) in [5.41, 5.74) is 0.837. The van der Waals surface area contributed by atoms with Gasteiger partial charge in [-0.05, 0) is 42.8 Å². The monoisotopic (exact) mass is 384 g/mol. The first-order valence-corrected chi connectivity index (χ1v) is 8.82. The number of ketones is 1. The van der Waals surface area contributed by atoms with Crippen molar-refractivity contribution in [2.75, 3.05) is 25.6 Å². The van der Waals surface area contributed by atoms with Crippen molar-refractivity contribution in [3.63, 3.8) is 0 Å². The summed E-state index contributed by atoms with van der Waals surface area (Å²) >= 11 is 0. The molecule has 1 heterocycles. The average molecular weight is 384 g/mol. The van der Waals surface area contributed by atoms with Crippen LogP contribution in [0.25, 0.3) is 5.69 Å². The second-order valence-electron chi connectivity index (χ2n) is 6.01. The molecule has 8 heteroatoms. The molecule has 0 radical (unpaired) electrons. The predicted molar refractivity (Wildman–Crippen MR) is 103 cm³/mol. The van der Waals surface area contributed by atoms with E-state index in [9.17, 15) is 9.18 Å². The van der Waals surface area contributed by atoms with Crippen molar-refractivity contribution in [1.29, 1.82) is 0 Å². The van der Waals surface area contributed by atoms with E-state index in [1.165, 1.54) is 23.7 Å². The Hall–Kier alpha value is -3.42. The Balaban J connectivity index is 1.64. The molecular formula is C20H21FN4O3. The number of halogens is 1. The third kappa shape index (κ3) is 4.46. The molecule has 2 aromatic carbocycles. The minimum Gasteiger partial charge on any atom is -0.493 e. The molecule has 0 bridgehead atoms. The second-order valence-corrected chi connectivity index (χ2v) is 6.01. The van der Waals surface area contributed by atoms with Crippen molar-refractivity contribution in [1.82, 2.24) is 15.0 Å². The number of carbonyl (C=O) groups excluding carboxylic acids is 1. The Morgan fingerprint density at radius 3 is 2.54 bits per heavy atom. The Morgan fingerprint density at radius 1 is 1.14 bits per heavy atom. The van der Waals surface area contributed by atoms with E-state index in [1.807, 2.05) is 24.3 Å². The summed E-state index contributed by atoms with van der Waals surface area (Å²) in [4.78, 5) is 11.9. The lowest BCUT2D eigenvalue weighted by molar-refractivity contribution is 0.101. The van der Waals surface area contributed by atoms with Gasteiger partial charge in [0.15, 0.2) is 28.8 Å². The standard InChI is InChI=1S/C20H21FN4O3/c1-14(26)19-20(25(24-23-19)16-10-8-15(21)9-11-16)22-12-5-13-28-18-7-4-3-6-17(18)27-2/h3-4,6-11,22H,5,12-13H2,1-2H3. The maximum Gasteiger partial charge on any atom is 0.183 e. The highest BCUT2D eigenvalue weighted by atomic mass is 19.1. The highest BCUT2D eigenvalue weighted by Gasteiger charge is 2.17. The SMILES string of the molecule is COc1ccccc1OCCCNc1c(C(C)=O)nnn1-c1ccc(F)cc1. The lowest BCUT2D eigenvalue weighted by Crippen LogP contribution is -2.13. The lowest BCUT2D eigenvalue weighted by atomic mass is 10.3. The van der Waals surface area contributed by atoms with Crippen LogP contribution in [0.5, 0.6) is 11.5 Å².